The number of hydrogen-bond acceptors (Lipinski definition) is 4. The van der Waals surface area contributed by atoms with Gasteiger partial charge in [-0.2, -0.15) is 5.10 Å². The quantitative estimate of drug-likeness (QED) is 0.733. The Labute approximate surface area is 148 Å². The molecule has 3 aromatic rings. The van der Waals surface area contributed by atoms with Crippen molar-refractivity contribution in [2.75, 3.05) is 12.3 Å². The highest BCUT2D eigenvalue weighted by Crippen LogP contribution is 2.25. The number of nitrogens with zero attached hydrogens (tertiary/aromatic N) is 3. The molecule has 2 heterocycles. The normalized spacial score (nSPS) is 10.6. The number of nitrogen functional groups attached to an aromatic ring is 1. The fraction of sp³-hybridized carbons (Fsp3) is 0.118. The molecule has 0 bridgehead atoms. The van der Waals surface area contributed by atoms with Crippen molar-refractivity contribution in [3.63, 3.8) is 0 Å². The van der Waals surface area contributed by atoms with Gasteiger partial charge in [-0.1, -0.05) is 11.6 Å². The third-order valence-electron chi connectivity index (χ3n) is 3.50. The van der Waals surface area contributed by atoms with Crippen LogP contribution in [0.15, 0.2) is 48.9 Å². The molecule has 3 N–H and O–H groups in total. The zero-order valence-electron chi connectivity index (χ0n) is 13.1. The monoisotopic (exact) mass is 359 g/mol. The number of benzene rings is 1. The van der Waals surface area contributed by atoms with E-state index in [4.69, 9.17) is 17.3 Å². The Hall–Kier alpha value is -2.93. The zero-order valence-corrected chi connectivity index (χ0v) is 13.9. The maximum Gasteiger partial charge on any atom is 0.251 e. The molecular weight excluding hydrogens is 345 g/mol. The van der Waals surface area contributed by atoms with Gasteiger partial charge in [0.25, 0.3) is 5.91 Å². The molecule has 2 aromatic heterocycles. The van der Waals surface area contributed by atoms with Crippen LogP contribution >= 0.6 is 11.6 Å². The van der Waals surface area contributed by atoms with Gasteiger partial charge in [0.1, 0.15) is 5.82 Å². The summed E-state index contributed by atoms with van der Waals surface area (Å²) in [6.07, 6.45) is 4.73. The van der Waals surface area contributed by atoms with E-state index in [0.29, 0.717) is 35.1 Å². The molecule has 0 spiro atoms. The van der Waals surface area contributed by atoms with E-state index < -0.39 is 11.7 Å². The molecule has 1 aromatic carbocycles. The Balaban J connectivity index is 1.73. The first-order valence-corrected chi connectivity index (χ1v) is 7.88. The Bertz CT molecular complexity index is 912. The highest BCUT2D eigenvalue weighted by molar-refractivity contribution is 6.30. The molecule has 0 atom stereocenters. The fourth-order valence-corrected chi connectivity index (χ4v) is 2.52. The summed E-state index contributed by atoms with van der Waals surface area (Å²) in [4.78, 5) is 16.4. The van der Waals surface area contributed by atoms with Gasteiger partial charge in [-0.3, -0.25) is 14.5 Å². The Kier molecular flexibility index (Phi) is 4.95. The lowest BCUT2D eigenvalue weighted by molar-refractivity contribution is 0.0951. The van der Waals surface area contributed by atoms with Crippen molar-refractivity contribution in [1.82, 2.24) is 20.1 Å². The predicted octanol–water partition coefficient (Wildman–Crippen LogP) is 2.75. The topological polar surface area (TPSA) is 85.8 Å². The highest BCUT2D eigenvalue weighted by Gasteiger charge is 2.12. The standard InChI is InChI=1S/C17H15ClFN5O/c18-13-9-23-24(10-13)5-4-22-17(25)12-6-11(7-14(19)8-12)16-15(20)2-1-3-21-16/h1-3,6-10H,4-5,20H2,(H,22,25). The van der Waals surface area contributed by atoms with Crippen molar-refractivity contribution in [3.8, 4) is 11.3 Å². The average Bonchev–Trinajstić information content (AvgIpc) is 3.00. The van der Waals surface area contributed by atoms with Gasteiger partial charge >= 0.3 is 0 Å². The smallest absolute Gasteiger partial charge is 0.251 e. The lowest BCUT2D eigenvalue weighted by Crippen LogP contribution is -2.27. The van der Waals surface area contributed by atoms with Crippen LogP contribution in [-0.2, 0) is 6.54 Å². The van der Waals surface area contributed by atoms with Crippen molar-refractivity contribution in [1.29, 1.82) is 0 Å². The van der Waals surface area contributed by atoms with E-state index >= 15 is 0 Å². The number of hydrogen-bond donors (Lipinski definition) is 2. The second-order valence-corrected chi connectivity index (χ2v) is 5.78. The van der Waals surface area contributed by atoms with Crippen LogP contribution in [0.25, 0.3) is 11.3 Å². The minimum Gasteiger partial charge on any atom is -0.397 e. The molecule has 1 amide bonds. The van der Waals surface area contributed by atoms with Crippen molar-refractivity contribution in [2.45, 2.75) is 6.54 Å². The van der Waals surface area contributed by atoms with Crippen LogP contribution < -0.4 is 11.1 Å². The number of rotatable bonds is 5. The zero-order chi connectivity index (χ0) is 17.8. The number of carbonyl (C=O) groups excluding carboxylic acids is 1. The summed E-state index contributed by atoms with van der Waals surface area (Å²) in [6, 6.07) is 7.38. The molecule has 0 aliphatic heterocycles. The lowest BCUT2D eigenvalue weighted by Gasteiger charge is -2.09. The van der Waals surface area contributed by atoms with E-state index in [9.17, 15) is 9.18 Å². The molecule has 128 valence electrons. The average molecular weight is 360 g/mol. The van der Waals surface area contributed by atoms with Gasteiger partial charge in [-0.15, -0.1) is 0 Å². The van der Waals surface area contributed by atoms with Crippen molar-refractivity contribution >= 4 is 23.2 Å². The Morgan fingerprint density at radius 3 is 2.92 bits per heavy atom. The van der Waals surface area contributed by atoms with Crippen molar-refractivity contribution in [3.05, 3.63) is 65.3 Å². The Morgan fingerprint density at radius 2 is 2.20 bits per heavy atom. The van der Waals surface area contributed by atoms with Crippen LogP contribution in [0.3, 0.4) is 0 Å². The van der Waals surface area contributed by atoms with E-state index in [-0.39, 0.29) is 5.56 Å². The van der Waals surface area contributed by atoms with Gasteiger partial charge in [0.05, 0.1) is 29.1 Å². The number of nitrogens with two attached hydrogens (primary N) is 1. The summed E-state index contributed by atoms with van der Waals surface area (Å²) in [5.41, 5.74) is 7.35. The molecule has 0 unspecified atom stereocenters. The number of anilines is 1. The minimum absolute atomic E-state index is 0.193. The maximum atomic E-state index is 13.9. The van der Waals surface area contributed by atoms with Crippen LogP contribution in [0.4, 0.5) is 10.1 Å². The van der Waals surface area contributed by atoms with E-state index in [1.54, 1.807) is 35.3 Å². The van der Waals surface area contributed by atoms with Crippen molar-refractivity contribution < 1.29 is 9.18 Å². The summed E-state index contributed by atoms with van der Waals surface area (Å²) < 4.78 is 15.5. The summed E-state index contributed by atoms with van der Waals surface area (Å²) in [5, 5.41) is 7.25. The molecule has 0 aliphatic rings. The third-order valence-corrected chi connectivity index (χ3v) is 3.70. The summed E-state index contributed by atoms with van der Waals surface area (Å²) in [6.45, 7) is 0.780. The molecule has 0 radical (unpaired) electrons. The van der Waals surface area contributed by atoms with Gasteiger partial charge in [0.2, 0.25) is 0 Å². The number of nitrogens with one attached hydrogen (secondary N) is 1. The second-order valence-electron chi connectivity index (χ2n) is 5.35. The van der Waals surface area contributed by atoms with Crippen LogP contribution in [0.2, 0.25) is 5.02 Å². The van der Waals surface area contributed by atoms with E-state index in [1.807, 2.05) is 0 Å². The van der Waals surface area contributed by atoms with Gasteiger partial charge in [-0.25, -0.2) is 4.39 Å². The van der Waals surface area contributed by atoms with Gasteiger partial charge in [0.15, 0.2) is 0 Å². The minimum atomic E-state index is -0.536. The number of carbonyl (C=O) groups is 1. The second kappa shape index (κ2) is 7.31. The van der Waals surface area contributed by atoms with Gasteiger partial charge < -0.3 is 11.1 Å². The molecule has 0 fully saturated rings. The lowest BCUT2D eigenvalue weighted by atomic mass is 10.1. The van der Waals surface area contributed by atoms with E-state index in [2.05, 4.69) is 15.4 Å². The number of halogens is 2. The van der Waals surface area contributed by atoms with Crippen LogP contribution in [0.1, 0.15) is 10.4 Å². The maximum absolute atomic E-state index is 13.9. The summed E-state index contributed by atoms with van der Waals surface area (Å²) >= 11 is 5.78. The number of pyridine rings is 1. The van der Waals surface area contributed by atoms with Gasteiger partial charge in [-0.05, 0) is 30.3 Å². The first-order valence-electron chi connectivity index (χ1n) is 7.50. The number of aromatic nitrogens is 3. The van der Waals surface area contributed by atoms with Crippen LogP contribution in [0, 0.1) is 5.82 Å². The summed E-state index contributed by atoms with van der Waals surface area (Å²) in [7, 11) is 0. The van der Waals surface area contributed by atoms with Crippen LogP contribution in [0.5, 0.6) is 0 Å². The highest BCUT2D eigenvalue weighted by atomic mass is 35.5. The molecule has 25 heavy (non-hydrogen) atoms. The molecule has 8 heteroatoms. The van der Waals surface area contributed by atoms with E-state index in [0.717, 1.165) is 0 Å². The largest absolute Gasteiger partial charge is 0.397 e. The molecule has 3 rings (SSSR count). The van der Waals surface area contributed by atoms with Crippen molar-refractivity contribution in [2.24, 2.45) is 0 Å². The Morgan fingerprint density at radius 1 is 1.36 bits per heavy atom. The molecular formula is C17H15ClFN5O. The fourth-order valence-electron chi connectivity index (χ4n) is 2.36. The molecule has 0 aliphatic carbocycles. The first-order chi connectivity index (χ1) is 12.0. The summed E-state index contributed by atoms with van der Waals surface area (Å²) in [5.74, 6) is -0.930. The molecule has 0 saturated heterocycles. The third kappa shape index (κ3) is 4.13. The first kappa shape index (κ1) is 16.9. The van der Waals surface area contributed by atoms with Crippen LogP contribution in [-0.4, -0.2) is 27.2 Å². The van der Waals surface area contributed by atoms with Gasteiger partial charge in [0, 0.05) is 30.1 Å². The molecule has 6 nitrogen and oxygen atoms in total. The van der Waals surface area contributed by atoms with E-state index in [1.165, 1.54) is 18.3 Å². The predicted molar refractivity (Wildman–Crippen MR) is 93.6 cm³/mol. The number of amides is 1. The SMILES string of the molecule is Nc1cccnc1-c1cc(F)cc(C(=O)NCCn2cc(Cl)cn2)c1. The molecule has 0 saturated carbocycles.